The molecule has 20 heavy (non-hydrogen) atoms. The number of cyclic esters (lactones) is 1. The maximum atomic E-state index is 12.3. The molecule has 4 rings (SSSR count). The van der Waals surface area contributed by atoms with Crippen molar-refractivity contribution in [2.45, 2.75) is 51.7 Å². The van der Waals surface area contributed by atoms with E-state index in [0.717, 1.165) is 12.8 Å². The van der Waals surface area contributed by atoms with Crippen molar-refractivity contribution in [3.8, 4) is 0 Å². The van der Waals surface area contributed by atoms with E-state index in [1.54, 1.807) is 0 Å². The number of hydrogen-bond acceptors (Lipinski definition) is 5. The molecule has 110 valence electrons. The summed E-state index contributed by atoms with van der Waals surface area (Å²) in [5, 5.41) is 11.1. The van der Waals surface area contributed by atoms with Gasteiger partial charge in [0.2, 0.25) is 6.10 Å². The van der Waals surface area contributed by atoms with Gasteiger partial charge >= 0.3 is 11.9 Å². The first-order chi connectivity index (χ1) is 9.19. The average molecular weight is 280 g/mol. The minimum atomic E-state index is -1.52. The van der Waals surface area contributed by atoms with Crippen molar-refractivity contribution in [1.82, 2.24) is 0 Å². The van der Waals surface area contributed by atoms with E-state index < -0.39 is 34.5 Å². The second-order valence-electron chi connectivity index (χ2n) is 7.94. The molecule has 4 fully saturated rings. The Kier molecular flexibility index (Phi) is 1.93. The van der Waals surface area contributed by atoms with Crippen LogP contribution < -0.4 is 0 Å². The SMILES string of the molecule is CC1(C)C[C@]2(C)COC(=O)[C@H]3OC(=O)[C@]4(O)CC[C@@H]1C324. The lowest BCUT2D eigenvalue weighted by Crippen LogP contribution is -2.63. The lowest BCUT2D eigenvalue weighted by Gasteiger charge is -2.50. The van der Waals surface area contributed by atoms with Crippen LogP contribution in [-0.4, -0.2) is 35.4 Å². The van der Waals surface area contributed by atoms with E-state index in [1.165, 1.54) is 0 Å². The van der Waals surface area contributed by atoms with E-state index in [2.05, 4.69) is 13.8 Å². The monoisotopic (exact) mass is 280 g/mol. The molecular formula is C15H20O5. The Labute approximate surface area is 117 Å². The zero-order valence-corrected chi connectivity index (χ0v) is 12.1. The molecule has 4 aliphatic rings. The van der Waals surface area contributed by atoms with E-state index in [0.29, 0.717) is 6.42 Å². The predicted octanol–water partition coefficient (Wildman–Crippen LogP) is 1.03. The average Bonchev–Trinajstić information content (AvgIpc) is 2.84. The third-order valence-electron chi connectivity index (χ3n) is 6.54. The van der Waals surface area contributed by atoms with Gasteiger partial charge in [-0.1, -0.05) is 20.8 Å². The standard InChI is InChI=1S/C15H20O5/c1-12(2)6-13(3)7-19-10(16)9-15(13)8(12)4-5-14(15,18)11(17)20-9/h8-9,18H,4-7H2,1-3H3/t8-,9+,13+,14+,15?/m0/s1. The maximum Gasteiger partial charge on any atom is 0.348 e. The van der Waals surface area contributed by atoms with Crippen molar-refractivity contribution in [3.05, 3.63) is 0 Å². The van der Waals surface area contributed by atoms with Gasteiger partial charge in [-0.25, -0.2) is 9.59 Å². The van der Waals surface area contributed by atoms with Crippen molar-refractivity contribution >= 4 is 11.9 Å². The first kappa shape index (κ1) is 12.6. The minimum Gasteiger partial charge on any atom is -0.462 e. The molecule has 1 spiro atoms. The van der Waals surface area contributed by atoms with Gasteiger partial charge in [-0.15, -0.1) is 0 Å². The third-order valence-corrected chi connectivity index (χ3v) is 6.54. The number of hydrogen-bond donors (Lipinski definition) is 1. The quantitative estimate of drug-likeness (QED) is 0.671. The van der Waals surface area contributed by atoms with Crippen LogP contribution in [-0.2, 0) is 19.1 Å². The molecule has 0 aromatic carbocycles. The molecular weight excluding hydrogens is 260 g/mol. The number of carbonyl (C=O) groups excluding carboxylic acids is 2. The van der Waals surface area contributed by atoms with Gasteiger partial charge in [0.15, 0.2) is 5.60 Å². The van der Waals surface area contributed by atoms with E-state index in [9.17, 15) is 14.7 Å². The lowest BCUT2D eigenvalue weighted by molar-refractivity contribution is -0.202. The first-order valence-corrected chi connectivity index (χ1v) is 7.29. The van der Waals surface area contributed by atoms with Crippen LogP contribution in [0.5, 0.6) is 0 Å². The Hall–Kier alpha value is -1.10. The van der Waals surface area contributed by atoms with Gasteiger partial charge in [0.25, 0.3) is 0 Å². The Bertz CT molecular complexity index is 540. The van der Waals surface area contributed by atoms with E-state index >= 15 is 0 Å². The summed E-state index contributed by atoms with van der Waals surface area (Å²) in [4.78, 5) is 24.4. The van der Waals surface area contributed by atoms with Gasteiger partial charge in [0.05, 0.1) is 12.0 Å². The van der Waals surface area contributed by atoms with Gasteiger partial charge in [0.1, 0.15) is 0 Å². The summed E-state index contributed by atoms with van der Waals surface area (Å²) in [6, 6.07) is 0. The fourth-order valence-corrected chi connectivity index (χ4v) is 6.27. The highest BCUT2D eigenvalue weighted by atomic mass is 16.6. The number of aliphatic hydroxyl groups is 1. The molecule has 2 aliphatic carbocycles. The number of rotatable bonds is 0. The molecule has 0 aromatic rings. The summed E-state index contributed by atoms with van der Waals surface area (Å²) in [7, 11) is 0. The van der Waals surface area contributed by atoms with Crippen LogP contribution in [0.4, 0.5) is 0 Å². The van der Waals surface area contributed by atoms with Gasteiger partial charge in [-0.2, -0.15) is 0 Å². The largest absolute Gasteiger partial charge is 0.462 e. The molecule has 1 N–H and O–H groups in total. The summed E-state index contributed by atoms with van der Waals surface area (Å²) in [5.41, 5.74) is -2.78. The molecule has 2 heterocycles. The molecule has 0 amide bonds. The van der Waals surface area contributed by atoms with Crippen molar-refractivity contribution in [1.29, 1.82) is 0 Å². The molecule has 2 saturated heterocycles. The number of carbonyl (C=O) groups is 2. The highest BCUT2D eigenvalue weighted by Crippen LogP contribution is 2.77. The summed E-state index contributed by atoms with van der Waals surface area (Å²) in [6.45, 7) is 6.62. The second-order valence-corrected chi connectivity index (χ2v) is 7.94. The summed E-state index contributed by atoms with van der Waals surface area (Å²) in [6.07, 6.45) is 1.04. The summed E-state index contributed by atoms with van der Waals surface area (Å²) >= 11 is 0. The zero-order valence-electron chi connectivity index (χ0n) is 12.1. The van der Waals surface area contributed by atoms with Crippen molar-refractivity contribution in [2.24, 2.45) is 22.2 Å². The first-order valence-electron chi connectivity index (χ1n) is 7.29. The van der Waals surface area contributed by atoms with Crippen LogP contribution in [0.2, 0.25) is 0 Å². The van der Waals surface area contributed by atoms with Gasteiger partial charge in [-0.05, 0) is 30.6 Å². The molecule has 5 nitrogen and oxygen atoms in total. The molecule has 2 aliphatic heterocycles. The smallest absolute Gasteiger partial charge is 0.348 e. The Morgan fingerprint density at radius 2 is 1.95 bits per heavy atom. The third kappa shape index (κ3) is 0.955. The number of esters is 2. The van der Waals surface area contributed by atoms with E-state index in [1.807, 2.05) is 6.92 Å². The van der Waals surface area contributed by atoms with Gasteiger partial charge < -0.3 is 14.6 Å². The van der Waals surface area contributed by atoms with Crippen LogP contribution in [0.15, 0.2) is 0 Å². The van der Waals surface area contributed by atoms with Crippen LogP contribution in [0, 0.1) is 22.2 Å². The van der Waals surface area contributed by atoms with Crippen molar-refractivity contribution in [3.63, 3.8) is 0 Å². The fourth-order valence-electron chi connectivity index (χ4n) is 6.27. The molecule has 5 atom stereocenters. The molecule has 1 unspecified atom stereocenters. The van der Waals surface area contributed by atoms with Crippen LogP contribution in [0.3, 0.4) is 0 Å². The van der Waals surface area contributed by atoms with Gasteiger partial charge in [-0.3, -0.25) is 0 Å². The molecule has 5 heteroatoms. The normalized spacial score (nSPS) is 55.2. The maximum absolute atomic E-state index is 12.3. The van der Waals surface area contributed by atoms with Crippen LogP contribution in [0.1, 0.15) is 40.0 Å². The predicted molar refractivity (Wildman–Crippen MR) is 67.5 cm³/mol. The topological polar surface area (TPSA) is 72.8 Å². The Morgan fingerprint density at radius 1 is 1.25 bits per heavy atom. The van der Waals surface area contributed by atoms with Gasteiger partial charge in [0, 0.05) is 5.41 Å². The second kappa shape index (κ2) is 3.06. The lowest BCUT2D eigenvalue weighted by atomic mass is 9.55. The van der Waals surface area contributed by atoms with E-state index in [-0.39, 0.29) is 17.9 Å². The Balaban J connectivity index is 2.03. The van der Waals surface area contributed by atoms with Crippen molar-refractivity contribution in [2.75, 3.05) is 6.61 Å². The summed E-state index contributed by atoms with van der Waals surface area (Å²) in [5.74, 6) is -1.02. The highest BCUT2D eigenvalue weighted by Gasteiger charge is 2.86. The summed E-state index contributed by atoms with van der Waals surface area (Å²) < 4.78 is 10.6. The number of ether oxygens (including phenoxy) is 2. The minimum absolute atomic E-state index is 0.0422. The molecule has 0 aromatic heterocycles. The molecule has 2 saturated carbocycles. The highest BCUT2D eigenvalue weighted by molar-refractivity contribution is 5.92. The van der Waals surface area contributed by atoms with Crippen LogP contribution in [0.25, 0.3) is 0 Å². The Morgan fingerprint density at radius 3 is 2.65 bits per heavy atom. The fraction of sp³-hybridized carbons (Fsp3) is 0.867. The molecule has 0 bridgehead atoms. The van der Waals surface area contributed by atoms with Crippen molar-refractivity contribution < 1.29 is 24.2 Å². The van der Waals surface area contributed by atoms with Crippen LogP contribution >= 0.6 is 0 Å². The van der Waals surface area contributed by atoms with E-state index in [4.69, 9.17) is 9.47 Å². The molecule has 0 radical (unpaired) electrons. The zero-order chi connectivity index (χ0) is 14.6.